The molecular formula is C12H11ClN2O2. The number of hydrogen-bond donors (Lipinski definition) is 2. The van der Waals surface area contributed by atoms with Gasteiger partial charge in [0.05, 0.1) is 0 Å². The van der Waals surface area contributed by atoms with E-state index < -0.39 is 5.97 Å². The van der Waals surface area contributed by atoms with Crippen LogP contribution in [0.15, 0.2) is 36.5 Å². The van der Waals surface area contributed by atoms with Crippen molar-refractivity contribution in [2.75, 3.05) is 5.73 Å². The van der Waals surface area contributed by atoms with E-state index in [9.17, 15) is 4.79 Å². The van der Waals surface area contributed by atoms with E-state index in [2.05, 4.69) is 0 Å². The number of carboxylic acid groups (broad SMARTS) is 1. The third-order valence-corrected chi connectivity index (χ3v) is 2.73. The molecule has 0 saturated heterocycles. The van der Waals surface area contributed by atoms with Crippen molar-refractivity contribution in [3.05, 3.63) is 52.8 Å². The van der Waals surface area contributed by atoms with Gasteiger partial charge in [0.1, 0.15) is 5.69 Å². The predicted octanol–water partition coefficient (Wildman–Crippen LogP) is 2.47. The van der Waals surface area contributed by atoms with Crippen LogP contribution in [0.5, 0.6) is 0 Å². The molecule has 1 heterocycles. The fraction of sp³-hybridized carbons (Fsp3) is 0.0833. The van der Waals surface area contributed by atoms with Gasteiger partial charge in [-0.25, -0.2) is 4.79 Å². The highest BCUT2D eigenvalue weighted by Crippen LogP contribution is 2.19. The lowest BCUT2D eigenvalue weighted by atomic mass is 10.2. The van der Waals surface area contributed by atoms with Crippen molar-refractivity contribution in [3.63, 3.8) is 0 Å². The molecule has 0 aliphatic carbocycles. The van der Waals surface area contributed by atoms with Crippen LogP contribution in [-0.4, -0.2) is 15.6 Å². The molecule has 4 nitrogen and oxygen atoms in total. The second-order valence-corrected chi connectivity index (χ2v) is 4.11. The van der Waals surface area contributed by atoms with Crippen LogP contribution < -0.4 is 5.73 Å². The van der Waals surface area contributed by atoms with Gasteiger partial charge in [-0.15, -0.1) is 0 Å². The zero-order valence-corrected chi connectivity index (χ0v) is 9.69. The monoisotopic (exact) mass is 250 g/mol. The lowest BCUT2D eigenvalue weighted by molar-refractivity contribution is 0.0685. The lowest BCUT2D eigenvalue weighted by Crippen LogP contribution is -2.09. The van der Waals surface area contributed by atoms with E-state index in [4.69, 9.17) is 22.4 Å². The van der Waals surface area contributed by atoms with E-state index in [0.29, 0.717) is 17.3 Å². The number of rotatable bonds is 3. The number of nitrogen functional groups attached to an aromatic ring is 1. The summed E-state index contributed by atoms with van der Waals surface area (Å²) in [6.45, 7) is 0.414. The molecule has 0 radical (unpaired) electrons. The molecule has 0 aliphatic heterocycles. The number of nitrogens with two attached hydrogens (primary N) is 1. The zero-order chi connectivity index (χ0) is 12.4. The summed E-state index contributed by atoms with van der Waals surface area (Å²) in [5, 5.41) is 9.54. The number of anilines is 1. The quantitative estimate of drug-likeness (QED) is 0.823. The topological polar surface area (TPSA) is 68.2 Å². The van der Waals surface area contributed by atoms with Gasteiger partial charge in [0.25, 0.3) is 0 Å². The summed E-state index contributed by atoms with van der Waals surface area (Å²) >= 11 is 5.80. The molecule has 1 aromatic heterocycles. The van der Waals surface area contributed by atoms with Gasteiger partial charge in [0.15, 0.2) is 0 Å². The summed E-state index contributed by atoms with van der Waals surface area (Å²) in [4.78, 5) is 10.9. The minimum Gasteiger partial charge on any atom is -0.477 e. The molecule has 1 aromatic carbocycles. The molecule has 0 aliphatic rings. The van der Waals surface area contributed by atoms with Gasteiger partial charge in [-0.2, -0.15) is 0 Å². The van der Waals surface area contributed by atoms with Gasteiger partial charge in [-0.3, -0.25) is 0 Å². The molecular weight excluding hydrogens is 240 g/mol. The Morgan fingerprint density at radius 1 is 1.41 bits per heavy atom. The van der Waals surface area contributed by atoms with Crippen molar-refractivity contribution >= 4 is 23.3 Å². The van der Waals surface area contributed by atoms with Gasteiger partial charge in [-0.1, -0.05) is 17.7 Å². The molecule has 17 heavy (non-hydrogen) atoms. The van der Waals surface area contributed by atoms with Crippen molar-refractivity contribution in [2.45, 2.75) is 6.54 Å². The van der Waals surface area contributed by atoms with Crippen molar-refractivity contribution in [2.24, 2.45) is 0 Å². The average molecular weight is 251 g/mol. The smallest absolute Gasteiger partial charge is 0.352 e. The van der Waals surface area contributed by atoms with Crippen molar-refractivity contribution in [3.8, 4) is 0 Å². The summed E-state index contributed by atoms with van der Waals surface area (Å²) in [6, 6.07) is 8.42. The van der Waals surface area contributed by atoms with Crippen molar-refractivity contribution < 1.29 is 9.90 Å². The van der Waals surface area contributed by atoms with Gasteiger partial charge in [0.2, 0.25) is 0 Å². The standard InChI is InChI=1S/C12H11ClN2O2/c13-9-4-3-8(10(14)6-9)7-15-5-1-2-11(15)12(16)17/h1-6H,7,14H2,(H,16,17). The highest BCUT2D eigenvalue weighted by molar-refractivity contribution is 6.30. The van der Waals surface area contributed by atoms with Crippen LogP contribution in [0.2, 0.25) is 5.02 Å². The van der Waals surface area contributed by atoms with Crippen LogP contribution in [0.25, 0.3) is 0 Å². The molecule has 5 heteroatoms. The number of aromatic nitrogens is 1. The largest absolute Gasteiger partial charge is 0.477 e. The second kappa shape index (κ2) is 4.51. The third kappa shape index (κ3) is 2.42. The summed E-state index contributed by atoms with van der Waals surface area (Å²) < 4.78 is 1.63. The van der Waals surface area contributed by atoms with E-state index in [1.165, 1.54) is 0 Å². The molecule has 0 bridgehead atoms. The molecule has 0 amide bonds. The molecule has 0 spiro atoms. The SMILES string of the molecule is Nc1cc(Cl)ccc1Cn1cccc1C(=O)O. The fourth-order valence-corrected chi connectivity index (χ4v) is 1.82. The normalized spacial score (nSPS) is 10.4. The van der Waals surface area contributed by atoms with Crippen molar-refractivity contribution in [1.82, 2.24) is 4.57 Å². The molecule has 2 rings (SSSR count). The van der Waals surface area contributed by atoms with Gasteiger partial charge < -0.3 is 15.4 Å². The number of halogens is 1. The fourth-order valence-electron chi connectivity index (χ4n) is 1.64. The Balaban J connectivity index is 2.31. The Kier molecular flexibility index (Phi) is 3.06. The number of carboxylic acids is 1. The van der Waals surface area contributed by atoms with Gasteiger partial charge >= 0.3 is 5.97 Å². The highest BCUT2D eigenvalue weighted by atomic mass is 35.5. The molecule has 0 atom stereocenters. The zero-order valence-electron chi connectivity index (χ0n) is 8.93. The van der Waals surface area contributed by atoms with Crippen LogP contribution in [0, 0.1) is 0 Å². The molecule has 0 saturated carbocycles. The summed E-state index contributed by atoms with van der Waals surface area (Å²) in [7, 11) is 0. The van der Waals surface area contributed by atoms with E-state index in [0.717, 1.165) is 5.56 Å². The summed E-state index contributed by atoms with van der Waals surface area (Å²) in [6.07, 6.45) is 1.71. The van der Waals surface area contributed by atoms with Crippen LogP contribution >= 0.6 is 11.6 Å². The van der Waals surface area contributed by atoms with E-state index in [1.807, 2.05) is 0 Å². The highest BCUT2D eigenvalue weighted by Gasteiger charge is 2.09. The van der Waals surface area contributed by atoms with E-state index in [1.54, 1.807) is 41.1 Å². The number of benzene rings is 1. The Bertz CT molecular complexity index is 563. The van der Waals surface area contributed by atoms with Gasteiger partial charge in [0, 0.05) is 23.5 Å². The summed E-state index contributed by atoms with van der Waals surface area (Å²) in [5.41, 5.74) is 7.45. The second-order valence-electron chi connectivity index (χ2n) is 3.67. The van der Waals surface area contributed by atoms with Crippen molar-refractivity contribution in [1.29, 1.82) is 0 Å². The minimum absolute atomic E-state index is 0.236. The first-order valence-corrected chi connectivity index (χ1v) is 5.38. The average Bonchev–Trinajstić information content (AvgIpc) is 2.70. The summed E-state index contributed by atoms with van der Waals surface area (Å²) in [5.74, 6) is -0.956. The minimum atomic E-state index is -0.956. The van der Waals surface area contributed by atoms with Crippen LogP contribution in [0.4, 0.5) is 5.69 Å². The number of hydrogen-bond acceptors (Lipinski definition) is 2. The van der Waals surface area contributed by atoms with E-state index in [-0.39, 0.29) is 5.69 Å². The predicted molar refractivity (Wildman–Crippen MR) is 66.4 cm³/mol. The molecule has 3 N–H and O–H groups in total. The Labute approximate surface area is 103 Å². The number of aromatic carboxylic acids is 1. The lowest BCUT2D eigenvalue weighted by Gasteiger charge is -2.09. The Morgan fingerprint density at radius 3 is 2.82 bits per heavy atom. The maximum Gasteiger partial charge on any atom is 0.352 e. The van der Waals surface area contributed by atoms with Gasteiger partial charge in [-0.05, 0) is 29.8 Å². The first kappa shape index (κ1) is 11.5. The van der Waals surface area contributed by atoms with Crippen LogP contribution in [0.3, 0.4) is 0 Å². The molecule has 2 aromatic rings. The molecule has 0 unspecified atom stereocenters. The first-order valence-electron chi connectivity index (χ1n) is 5.00. The number of nitrogens with zero attached hydrogens (tertiary/aromatic N) is 1. The molecule has 0 fully saturated rings. The maximum absolute atomic E-state index is 10.9. The third-order valence-electron chi connectivity index (χ3n) is 2.50. The number of carbonyl (C=O) groups is 1. The maximum atomic E-state index is 10.9. The van der Waals surface area contributed by atoms with Crippen LogP contribution in [0.1, 0.15) is 16.1 Å². The Hall–Kier alpha value is -1.94. The van der Waals surface area contributed by atoms with Crippen LogP contribution in [-0.2, 0) is 6.54 Å². The molecule has 88 valence electrons. The van der Waals surface area contributed by atoms with E-state index >= 15 is 0 Å². The Morgan fingerprint density at radius 2 is 2.18 bits per heavy atom. The first-order chi connectivity index (χ1) is 8.08.